The van der Waals surface area contributed by atoms with Crippen molar-refractivity contribution in [2.24, 2.45) is 5.92 Å². The lowest BCUT2D eigenvalue weighted by Gasteiger charge is -2.30. The molecule has 0 aromatic heterocycles. The topological polar surface area (TPSA) is 50.8 Å². The largest absolute Gasteiger partial charge is 0.493 e. The Morgan fingerprint density at radius 2 is 1.96 bits per heavy atom. The third kappa shape index (κ3) is 4.63. The van der Waals surface area contributed by atoms with Gasteiger partial charge in [-0.25, -0.2) is 0 Å². The number of hydrogen-bond donors (Lipinski definition) is 1. The standard InChI is InChI=1S/C19H26F2N2O3/c1-23(18(24)10-13-7-14-4-5-15(8-13)22-14)11-12-3-6-16(25-2)17(9-12)26-19(20)21/h3,6,9,13-15,19,22H,4-5,7-8,10-11H2,1-2H3. The van der Waals surface area contributed by atoms with Gasteiger partial charge in [-0.3, -0.25) is 4.79 Å². The van der Waals surface area contributed by atoms with Gasteiger partial charge in [-0.1, -0.05) is 6.07 Å². The lowest BCUT2D eigenvalue weighted by Crippen LogP contribution is -2.39. The summed E-state index contributed by atoms with van der Waals surface area (Å²) in [4.78, 5) is 14.2. The lowest BCUT2D eigenvalue weighted by atomic mass is 9.89. The van der Waals surface area contributed by atoms with Gasteiger partial charge >= 0.3 is 6.61 Å². The molecule has 5 nitrogen and oxygen atoms in total. The van der Waals surface area contributed by atoms with Gasteiger partial charge in [-0.2, -0.15) is 8.78 Å². The zero-order valence-electron chi connectivity index (χ0n) is 15.2. The zero-order chi connectivity index (χ0) is 18.7. The summed E-state index contributed by atoms with van der Waals surface area (Å²) in [6.45, 7) is -2.57. The normalized spacial score (nSPS) is 24.6. The van der Waals surface area contributed by atoms with Gasteiger partial charge in [0.15, 0.2) is 11.5 Å². The van der Waals surface area contributed by atoms with Crippen molar-refractivity contribution in [1.82, 2.24) is 10.2 Å². The molecule has 1 amide bonds. The van der Waals surface area contributed by atoms with E-state index in [1.807, 2.05) is 0 Å². The van der Waals surface area contributed by atoms with Crippen LogP contribution in [0.1, 0.15) is 37.7 Å². The van der Waals surface area contributed by atoms with Crippen LogP contribution < -0.4 is 14.8 Å². The smallest absolute Gasteiger partial charge is 0.387 e. The third-order valence-electron chi connectivity index (χ3n) is 5.32. The highest BCUT2D eigenvalue weighted by Gasteiger charge is 2.34. The minimum atomic E-state index is -2.92. The molecule has 2 atom stereocenters. The van der Waals surface area contributed by atoms with E-state index in [4.69, 9.17) is 4.74 Å². The fourth-order valence-corrected chi connectivity index (χ4v) is 4.11. The number of amides is 1. The maximum Gasteiger partial charge on any atom is 0.387 e. The number of piperidine rings is 1. The second-order valence-electron chi connectivity index (χ2n) is 7.29. The summed E-state index contributed by atoms with van der Waals surface area (Å²) in [5, 5.41) is 3.58. The van der Waals surface area contributed by atoms with Crippen molar-refractivity contribution in [2.75, 3.05) is 14.2 Å². The van der Waals surface area contributed by atoms with Crippen LogP contribution in [0.25, 0.3) is 0 Å². The van der Waals surface area contributed by atoms with E-state index in [-0.39, 0.29) is 17.4 Å². The predicted molar refractivity (Wildman–Crippen MR) is 93.4 cm³/mol. The molecule has 0 saturated carbocycles. The molecule has 0 aliphatic carbocycles. The van der Waals surface area contributed by atoms with Crippen molar-refractivity contribution in [2.45, 2.75) is 57.3 Å². The Morgan fingerprint density at radius 1 is 1.27 bits per heavy atom. The Kier molecular flexibility index (Phi) is 5.96. The van der Waals surface area contributed by atoms with Gasteiger partial charge in [-0.15, -0.1) is 0 Å². The molecule has 1 aromatic carbocycles. The van der Waals surface area contributed by atoms with Gasteiger partial charge in [0.25, 0.3) is 0 Å². The van der Waals surface area contributed by atoms with Crippen molar-refractivity contribution >= 4 is 5.91 Å². The number of benzene rings is 1. The first-order valence-corrected chi connectivity index (χ1v) is 9.06. The number of methoxy groups -OCH3 is 1. The van der Waals surface area contributed by atoms with Gasteiger partial charge < -0.3 is 19.7 Å². The highest BCUT2D eigenvalue weighted by Crippen LogP contribution is 2.33. The number of alkyl halides is 2. The Morgan fingerprint density at radius 3 is 2.58 bits per heavy atom. The SMILES string of the molecule is COc1ccc(CN(C)C(=O)CC2CC3CCC(C2)N3)cc1OC(F)F. The molecule has 26 heavy (non-hydrogen) atoms. The Bertz CT molecular complexity index is 629. The van der Waals surface area contributed by atoms with Crippen molar-refractivity contribution in [1.29, 1.82) is 0 Å². The summed E-state index contributed by atoms with van der Waals surface area (Å²) in [7, 11) is 3.14. The molecular formula is C19H26F2N2O3. The first kappa shape index (κ1) is 18.9. The Labute approximate surface area is 152 Å². The average molecular weight is 368 g/mol. The minimum absolute atomic E-state index is 0.0178. The van der Waals surface area contributed by atoms with Gasteiger partial charge in [0.2, 0.25) is 5.91 Å². The van der Waals surface area contributed by atoms with E-state index in [1.165, 1.54) is 26.0 Å². The van der Waals surface area contributed by atoms with E-state index in [9.17, 15) is 13.6 Å². The molecular weight excluding hydrogens is 342 g/mol. The molecule has 2 bridgehead atoms. The number of carbonyl (C=O) groups excluding carboxylic acids is 1. The second kappa shape index (κ2) is 8.20. The highest BCUT2D eigenvalue weighted by molar-refractivity contribution is 5.76. The lowest BCUT2D eigenvalue weighted by molar-refractivity contribution is -0.131. The van der Waals surface area contributed by atoms with E-state index in [1.54, 1.807) is 24.1 Å². The van der Waals surface area contributed by atoms with E-state index < -0.39 is 6.61 Å². The summed E-state index contributed by atoms with van der Waals surface area (Å²) in [6.07, 6.45) is 5.09. The quantitative estimate of drug-likeness (QED) is 0.803. The van der Waals surface area contributed by atoms with Gasteiger partial charge in [-0.05, 0) is 49.3 Å². The van der Waals surface area contributed by atoms with Crippen LogP contribution in [0.4, 0.5) is 8.78 Å². The van der Waals surface area contributed by atoms with Crippen LogP contribution in [-0.4, -0.2) is 43.7 Å². The van der Waals surface area contributed by atoms with Crippen molar-refractivity contribution in [3.63, 3.8) is 0 Å². The van der Waals surface area contributed by atoms with Gasteiger partial charge in [0, 0.05) is 32.1 Å². The molecule has 2 aliphatic heterocycles. The fraction of sp³-hybridized carbons (Fsp3) is 0.632. The molecule has 0 radical (unpaired) electrons. The minimum Gasteiger partial charge on any atom is -0.493 e. The van der Waals surface area contributed by atoms with Gasteiger partial charge in [0.1, 0.15) is 0 Å². The van der Waals surface area contributed by atoms with E-state index in [2.05, 4.69) is 10.1 Å². The molecule has 2 unspecified atom stereocenters. The summed E-state index contributed by atoms with van der Waals surface area (Å²) < 4.78 is 34.6. The Balaban J connectivity index is 1.58. The number of nitrogens with one attached hydrogen (secondary N) is 1. The number of carbonyl (C=O) groups is 1. The van der Waals surface area contributed by atoms with E-state index >= 15 is 0 Å². The zero-order valence-corrected chi connectivity index (χ0v) is 15.2. The van der Waals surface area contributed by atoms with Crippen LogP contribution >= 0.6 is 0 Å². The van der Waals surface area contributed by atoms with Crippen LogP contribution in [0.15, 0.2) is 18.2 Å². The molecule has 3 rings (SSSR count). The Hall–Kier alpha value is -1.89. The number of fused-ring (bicyclic) bond motifs is 2. The van der Waals surface area contributed by atoms with Crippen molar-refractivity contribution < 1.29 is 23.0 Å². The molecule has 2 heterocycles. The molecule has 2 fully saturated rings. The number of hydrogen-bond acceptors (Lipinski definition) is 4. The molecule has 7 heteroatoms. The molecule has 1 N–H and O–H groups in total. The highest BCUT2D eigenvalue weighted by atomic mass is 19.3. The maximum atomic E-state index is 12.6. The van der Waals surface area contributed by atoms with E-state index in [0.29, 0.717) is 31.0 Å². The van der Waals surface area contributed by atoms with Crippen LogP contribution in [0.5, 0.6) is 11.5 Å². The predicted octanol–water partition coefficient (Wildman–Crippen LogP) is 3.18. The van der Waals surface area contributed by atoms with Crippen LogP contribution in [0.2, 0.25) is 0 Å². The van der Waals surface area contributed by atoms with Crippen molar-refractivity contribution in [3.8, 4) is 11.5 Å². The molecule has 2 aliphatic rings. The van der Waals surface area contributed by atoms with Crippen LogP contribution in [-0.2, 0) is 11.3 Å². The van der Waals surface area contributed by atoms with Gasteiger partial charge in [0.05, 0.1) is 7.11 Å². The summed E-state index contributed by atoms with van der Waals surface area (Å²) in [6, 6.07) is 5.96. The number of halogens is 2. The second-order valence-corrected chi connectivity index (χ2v) is 7.29. The first-order valence-electron chi connectivity index (χ1n) is 9.06. The summed E-state index contributed by atoms with van der Waals surface area (Å²) in [5.74, 6) is 0.740. The van der Waals surface area contributed by atoms with E-state index in [0.717, 1.165) is 18.4 Å². The first-order chi connectivity index (χ1) is 12.4. The number of rotatable bonds is 7. The maximum absolute atomic E-state index is 12.6. The molecule has 2 saturated heterocycles. The van der Waals surface area contributed by atoms with Crippen LogP contribution in [0, 0.1) is 5.92 Å². The fourth-order valence-electron chi connectivity index (χ4n) is 4.11. The monoisotopic (exact) mass is 368 g/mol. The molecule has 0 spiro atoms. The molecule has 144 valence electrons. The average Bonchev–Trinajstić information content (AvgIpc) is 2.93. The number of nitrogens with zero attached hydrogens (tertiary/aromatic N) is 1. The third-order valence-corrected chi connectivity index (χ3v) is 5.32. The van der Waals surface area contributed by atoms with Crippen molar-refractivity contribution in [3.05, 3.63) is 23.8 Å². The number of ether oxygens (including phenoxy) is 2. The summed E-state index contributed by atoms with van der Waals surface area (Å²) in [5.41, 5.74) is 0.725. The molecule has 1 aromatic rings. The summed E-state index contributed by atoms with van der Waals surface area (Å²) >= 11 is 0. The van der Waals surface area contributed by atoms with Crippen LogP contribution in [0.3, 0.4) is 0 Å².